The predicted octanol–water partition coefficient (Wildman–Crippen LogP) is 3.88. The number of rotatable bonds is 6. The van der Waals surface area contributed by atoms with E-state index in [1.165, 1.54) is 5.56 Å². The molecule has 1 aromatic rings. The Morgan fingerprint density at radius 3 is 2.50 bits per heavy atom. The summed E-state index contributed by atoms with van der Waals surface area (Å²) in [7, 11) is 0. The molecule has 0 spiro atoms. The van der Waals surface area contributed by atoms with Crippen LogP contribution in [0.25, 0.3) is 0 Å². The third-order valence-corrected chi connectivity index (χ3v) is 2.86. The standard InChI is InChI=1S/C17H27NO2/c1-13(2)14-9-6-7-10-15(14)20-12-8-11-16(19)18-17(3,4)5/h6-7,9-10,13H,8,11-12H2,1-5H3,(H,18,19). The van der Waals surface area contributed by atoms with Crippen LogP contribution in [0, 0.1) is 0 Å². The number of hydrogen-bond acceptors (Lipinski definition) is 2. The maximum atomic E-state index is 11.7. The van der Waals surface area contributed by atoms with Gasteiger partial charge in [-0.2, -0.15) is 0 Å². The molecule has 1 rings (SSSR count). The minimum atomic E-state index is -0.165. The van der Waals surface area contributed by atoms with Crippen LogP contribution in [0.15, 0.2) is 24.3 Å². The van der Waals surface area contributed by atoms with Crippen molar-refractivity contribution in [2.45, 2.75) is 58.9 Å². The van der Waals surface area contributed by atoms with Crippen molar-refractivity contribution in [3.63, 3.8) is 0 Å². The molecule has 0 bridgehead atoms. The average molecular weight is 277 g/mol. The lowest BCUT2D eigenvalue weighted by atomic mass is 10.0. The molecule has 0 fully saturated rings. The van der Waals surface area contributed by atoms with Crippen molar-refractivity contribution in [2.24, 2.45) is 0 Å². The normalized spacial score (nSPS) is 11.5. The summed E-state index contributed by atoms with van der Waals surface area (Å²) < 4.78 is 5.80. The van der Waals surface area contributed by atoms with Gasteiger partial charge < -0.3 is 10.1 Å². The van der Waals surface area contributed by atoms with Crippen LogP contribution < -0.4 is 10.1 Å². The van der Waals surface area contributed by atoms with Crippen LogP contribution in [0.5, 0.6) is 5.75 Å². The molecule has 3 heteroatoms. The highest BCUT2D eigenvalue weighted by molar-refractivity contribution is 5.76. The second-order valence-electron chi connectivity index (χ2n) is 6.44. The molecular weight excluding hydrogens is 250 g/mol. The van der Waals surface area contributed by atoms with Crippen LogP contribution in [-0.2, 0) is 4.79 Å². The number of benzene rings is 1. The van der Waals surface area contributed by atoms with Crippen molar-refractivity contribution in [1.29, 1.82) is 0 Å². The van der Waals surface area contributed by atoms with E-state index in [0.717, 1.165) is 12.2 Å². The van der Waals surface area contributed by atoms with Crippen LogP contribution in [0.4, 0.5) is 0 Å². The van der Waals surface area contributed by atoms with E-state index in [1.54, 1.807) is 0 Å². The summed E-state index contributed by atoms with van der Waals surface area (Å²) >= 11 is 0. The van der Waals surface area contributed by atoms with Crippen LogP contribution in [0.3, 0.4) is 0 Å². The minimum Gasteiger partial charge on any atom is -0.493 e. The predicted molar refractivity (Wildman–Crippen MR) is 83.2 cm³/mol. The van der Waals surface area contributed by atoms with Gasteiger partial charge in [-0.25, -0.2) is 0 Å². The van der Waals surface area contributed by atoms with Gasteiger partial charge in [0, 0.05) is 12.0 Å². The zero-order valence-electron chi connectivity index (χ0n) is 13.3. The van der Waals surface area contributed by atoms with Gasteiger partial charge >= 0.3 is 0 Å². The highest BCUT2D eigenvalue weighted by Gasteiger charge is 2.13. The summed E-state index contributed by atoms with van der Waals surface area (Å²) in [4.78, 5) is 11.7. The number of para-hydroxylation sites is 1. The molecule has 20 heavy (non-hydrogen) atoms. The Kier molecular flexibility index (Phi) is 6.05. The highest BCUT2D eigenvalue weighted by Crippen LogP contribution is 2.25. The first-order valence-corrected chi connectivity index (χ1v) is 7.32. The Morgan fingerprint density at radius 1 is 1.25 bits per heavy atom. The van der Waals surface area contributed by atoms with E-state index in [1.807, 2.05) is 39.0 Å². The Bertz CT molecular complexity index is 433. The average Bonchev–Trinajstić information content (AvgIpc) is 2.33. The SMILES string of the molecule is CC(C)c1ccccc1OCCCC(=O)NC(C)(C)C. The number of carbonyl (C=O) groups excluding carboxylic acids is 1. The summed E-state index contributed by atoms with van der Waals surface area (Å²) in [6.45, 7) is 10.8. The molecule has 0 radical (unpaired) electrons. The zero-order chi connectivity index (χ0) is 15.2. The smallest absolute Gasteiger partial charge is 0.220 e. The summed E-state index contributed by atoms with van der Waals surface area (Å²) in [5.74, 6) is 1.45. The molecule has 0 aliphatic heterocycles. The third kappa shape index (κ3) is 6.09. The molecule has 0 aromatic heterocycles. The van der Waals surface area contributed by atoms with Gasteiger partial charge in [0.15, 0.2) is 0 Å². The number of ether oxygens (including phenoxy) is 1. The molecule has 3 nitrogen and oxygen atoms in total. The van der Waals surface area contributed by atoms with E-state index in [2.05, 4.69) is 25.2 Å². The molecule has 0 unspecified atom stereocenters. The van der Waals surface area contributed by atoms with E-state index in [4.69, 9.17) is 4.74 Å². The summed E-state index contributed by atoms with van der Waals surface area (Å²) in [6, 6.07) is 8.09. The van der Waals surface area contributed by atoms with E-state index in [-0.39, 0.29) is 11.4 Å². The summed E-state index contributed by atoms with van der Waals surface area (Å²) in [5, 5.41) is 2.95. The maximum Gasteiger partial charge on any atom is 0.220 e. The topological polar surface area (TPSA) is 38.3 Å². The Morgan fingerprint density at radius 2 is 1.90 bits per heavy atom. The van der Waals surface area contributed by atoms with Crippen molar-refractivity contribution < 1.29 is 9.53 Å². The monoisotopic (exact) mass is 277 g/mol. The maximum absolute atomic E-state index is 11.7. The molecule has 0 heterocycles. The van der Waals surface area contributed by atoms with Crippen molar-refractivity contribution >= 4 is 5.91 Å². The number of hydrogen-bond donors (Lipinski definition) is 1. The lowest BCUT2D eigenvalue weighted by Gasteiger charge is -2.20. The lowest BCUT2D eigenvalue weighted by Crippen LogP contribution is -2.40. The molecule has 0 atom stereocenters. The summed E-state index contributed by atoms with van der Waals surface area (Å²) in [6.07, 6.45) is 1.23. The molecule has 1 N–H and O–H groups in total. The number of amides is 1. The van der Waals surface area contributed by atoms with Crippen LogP contribution in [-0.4, -0.2) is 18.1 Å². The van der Waals surface area contributed by atoms with Gasteiger partial charge in [0.05, 0.1) is 6.61 Å². The van der Waals surface area contributed by atoms with E-state index in [0.29, 0.717) is 18.9 Å². The van der Waals surface area contributed by atoms with Crippen molar-refractivity contribution in [3.8, 4) is 5.75 Å². The second-order valence-corrected chi connectivity index (χ2v) is 6.44. The molecule has 0 saturated heterocycles. The zero-order valence-corrected chi connectivity index (χ0v) is 13.3. The number of carbonyl (C=O) groups is 1. The summed E-state index contributed by atoms with van der Waals surface area (Å²) in [5.41, 5.74) is 1.05. The Hall–Kier alpha value is -1.51. The van der Waals surface area contributed by atoms with Gasteiger partial charge in [0.25, 0.3) is 0 Å². The fourth-order valence-corrected chi connectivity index (χ4v) is 1.98. The number of nitrogens with one attached hydrogen (secondary N) is 1. The van der Waals surface area contributed by atoms with Crippen LogP contribution in [0.1, 0.15) is 58.9 Å². The van der Waals surface area contributed by atoms with E-state index in [9.17, 15) is 4.79 Å². The van der Waals surface area contributed by atoms with Crippen LogP contribution in [0.2, 0.25) is 0 Å². The molecular formula is C17H27NO2. The van der Waals surface area contributed by atoms with Gasteiger partial charge in [0.1, 0.15) is 5.75 Å². The first-order valence-electron chi connectivity index (χ1n) is 7.32. The first-order chi connectivity index (χ1) is 9.29. The van der Waals surface area contributed by atoms with Crippen molar-refractivity contribution in [2.75, 3.05) is 6.61 Å². The van der Waals surface area contributed by atoms with Crippen LogP contribution >= 0.6 is 0 Å². The lowest BCUT2D eigenvalue weighted by molar-refractivity contribution is -0.122. The fraction of sp³-hybridized carbons (Fsp3) is 0.588. The van der Waals surface area contributed by atoms with Gasteiger partial charge in [-0.3, -0.25) is 4.79 Å². The minimum absolute atomic E-state index is 0.0817. The van der Waals surface area contributed by atoms with Gasteiger partial charge in [0.2, 0.25) is 5.91 Å². The third-order valence-electron chi connectivity index (χ3n) is 2.86. The first kappa shape index (κ1) is 16.5. The van der Waals surface area contributed by atoms with Gasteiger partial charge in [-0.15, -0.1) is 0 Å². The van der Waals surface area contributed by atoms with Gasteiger partial charge in [-0.05, 0) is 44.7 Å². The van der Waals surface area contributed by atoms with Gasteiger partial charge in [-0.1, -0.05) is 32.0 Å². The van der Waals surface area contributed by atoms with Crippen molar-refractivity contribution in [1.82, 2.24) is 5.32 Å². The van der Waals surface area contributed by atoms with E-state index >= 15 is 0 Å². The molecule has 1 aromatic carbocycles. The highest BCUT2D eigenvalue weighted by atomic mass is 16.5. The quantitative estimate of drug-likeness (QED) is 0.801. The van der Waals surface area contributed by atoms with Crippen molar-refractivity contribution in [3.05, 3.63) is 29.8 Å². The molecule has 112 valence electrons. The molecule has 0 aliphatic rings. The Labute approximate surface area is 122 Å². The fourth-order valence-electron chi connectivity index (χ4n) is 1.98. The molecule has 0 saturated carbocycles. The molecule has 0 aliphatic carbocycles. The Balaban J connectivity index is 2.37. The molecule has 1 amide bonds. The largest absolute Gasteiger partial charge is 0.493 e. The second kappa shape index (κ2) is 7.32. The van der Waals surface area contributed by atoms with E-state index < -0.39 is 0 Å².